The first-order valence-corrected chi connectivity index (χ1v) is 7.20. The maximum absolute atomic E-state index is 10.9. The molecule has 1 aliphatic carbocycles. The number of carboxylic acid groups (broad SMARTS) is 1. The van der Waals surface area contributed by atoms with E-state index in [2.05, 4.69) is 12.2 Å². The molecule has 18 heavy (non-hydrogen) atoms. The monoisotopic (exact) mass is 255 g/mol. The lowest BCUT2D eigenvalue weighted by atomic mass is 9.82. The minimum absolute atomic E-state index is 0.0942. The van der Waals surface area contributed by atoms with Crippen molar-refractivity contribution in [1.82, 2.24) is 5.32 Å². The zero-order valence-corrected chi connectivity index (χ0v) is 11.2. The molecule has 0 amide bonds. The average molecular weight is 255 g/mol. The summed E-state index contributed by atoms with van der Waals surface area (Å²) < 4.78 is 5.44. The summed E-state index contributed by atoms with van der Waals surface area (Å²) in [5.74, 6) is 0.549. The highest BCUT2D eigenvalue weighted by Crippen LogP contribution is 2.28. The van der Waals surface area contributed by atoms with E-state index < -0.39 is 5.97 Å². The molecule has 2 aliphatic rings. The van der Waals surface area contributed by atoms with Crippen LogP contribution in [0.15, 0.2) is 0 Å². The van der Waals surface area contributed by atoms with Crippen molar-refractivity contribution in [3.05, 3.63) is 0 Å². The molecule has 1 saturated carbocycles. The lowest BCUT2D eigenvalue weighted by Crippen LogP contribution is -2.43. The van der Waals surface area contributed by atoms with E-state index in [0.29, 0.717) is 17.9 Å². The van der Waals surface area contributed by atoms with Crippen LogP contribution in [0.25, 0.3) is 0 Å². The van der Waals surface area contributed by atoms with Gasteiger partial charge in [-0.3, -0.25) is 4.79 Å². The van der Waals surface area contributed by atoms with Gasteiger partial charge in [-0.2, -0.15) is 0 Å². The molecule has 2 N–H and O–H groups in total. The Hall–Kier alpha value is -0.610. The molecule has 0 aromatic rings. The van der Waals surface area contributed by atoms with Crippen LogP contribution < -0.4 is 5.32 Å². The van der Waals surface area contributed by atoms with Gasteiger partial charge in [-0.15, -0.1) is 0 Å². The Bertz CT molecular complexity index is 274. The zero-order valence-electron chi connectivity index (χ0n) is 11.2. The van der Waals surface area contributed by atoms with Gasteiger partial charge in [0.15, 0.2) is 0 Å². The van der Waals surface area contributed by atoms with Crippen molar-refractivity contribution in [2.75, 3.05) is 19.8 Å². The summed E-state index contributed by atoms with van der Waals surface area (Å²) in [6.45, 7) is 5.01. The van der Waals surface area contributed by atoms with Crippen molar-refractivity contribution >= 4 is 5.97 Å². The first-order valence-electron chi connectivity index (χ1n) is 7.20. The number of carbonyl (C=O) groups is 1. The smallest absolute Gasteiger partial charge is 0.306 e. The number of hydrogen-bond acceptors (Lipinski definition) is 3. The van der Waals surface area contributed by atoms with Crippen molar-refractivity contribution in [3.8, 4) is 0 Å². The Labute approximate surface area is 109 Å². The van der Waals surface area contributed by atoms with E-state index in [9.17, 15) is 4.79 Å². The Balaban J connectivity index is 1.67. The van der Waals surface area contributed by atoms with Crippen LogP contribution in [0.3, 0.4) is 0 Å². The third kappa shape index (κ3) is 3.69. The minimum atomic E-state index is -0.612. The summed E-state index contributed by atoms with van der Waals surface area (Å²) in [4.78, 5) is 10.9. The molecule has 2 atom stereocenters. The number of carboxylic acids is 1. The summed E-state index contributed by atoms with van der Waals surface area (Å²) in [6, 6.07) is 0.580. The highest BCUT2D eigenvalue weighted by molar-refractivity contribution is 5.69. The molecule has 4 heteroatoms. The molecule has 1 heterocycles. The largest absolute Gasteiger partial charge is 0.481 e. The van der Waals surface area contributed by atoms with Crippen LogP contribution in [-0.4, -0.2) is 36.9 Å². The molecule has 1 saturated heterocycles. The van der Waals surface area contributed by atoms with Crippen molar-refractivity contribution in [3.63, 3.8) is 0 Å². The van der Waals surface area contributed by atoms with E-state index in [-0.39, 0.29) is 5.92 Å². The number of nitrogens with one attached hydrogen (secondary N) is 1. The number of hydrogen-bond donors (Lipinski definition) is 2. The van der Waals surface area contributed by atoms with Crippen molar-refractivity contribution in [1.29, 1.82) is 0 Å². The molecule has 2 unspecified atom stereocenters. The first-order chi connectivity index (χ1) is 8.66. The number of aliphatic carboxylic acids is 1. The highest BCUT2D eigenvalue weighted by atomic mass is 16.5. The van der Waals surface area contributed by atoms with Crippen LogP contribution in [0.5, 0.6) is 0 Å². The Morgan fingerprint density at radius 2 is 2.00 bits per heavy atom. The summed E-state index contributed by atoms with van der Waals surface area (Å²) in [5, 5.41) is 12.6. The highest BCUT2D eigenvalue weighted by Gasteiger charge is 2.27. The third-order valence-electron chi connectivity index (χ3n) is 4.51. The molecule has 2 fully saturated rings. The second kappa shape index (κ2) is 6.53. The van der Waals surface area contributed by atoms with Crippen molar-refractivity contribution in [2.45, 2.75) is 45.1 Å². The SMILES string of the molecule is CC1COCCC1NCC1CCC(C(=O)O)CC1. The van der Waals surface area contributed by atoms with Gasteiger partial charge in [-0.25, -0.2) is 0 Å². The summed E-state index contributed by atoms with van der Waals surface area (Å²) in [7, 11) is 0. The summed E-state index contributed by atoms with van der Waals surface area (Å²) in [6.07, 6.45) is 4.92. The van der Waals surface area contributed by atoms with Crippen LogP contribution in [0.4, 0.5) is 0 Å². The van der Waals surface area contributed by atoms with E-state index in [0.717, 1.165) is 51.9 Å². The standard InChI is InChI=1S/C14H25NO3/c1-10-9-18-7-6-13(10)15-8-11-2-4-12(5-3-11)14(16)17/h10-13,15H,2-9H2,1H3,(H,16,17). The molecule has 0 bridgehead atoms. The third-order valence-corrected chi connectivity index (χ3v) is 4.51. The molecule has 0 radical (unpaired) electrons. The quantitative estimate of drug-likeness (QED) is 0.805. The fourth-order valence-electron chi connectivity index (χ4n) is 3.12. The predicted octanol–water partition coefficient (Wildman–Crippen LogP) is 1.89. The number of rotatable bonds is 4. The molecule has 0 spiro atoms. The van der Waals surface area contributed by atoms with Gasteiger partial charge < -0.3 is 15.2 Å². The lowest BCUT2D eigenvalue weighted by Gasteiger charge is -2.33. The van der Waals surface area contributed by atoms with Crippen molar-refractivity contribution < 1.29 is 14.6 Å². The van der Waals surface area contributed by atoms with Gasteiger partial charge in [0.1, 0.15) is 0 Å². The molecule has 2 rings (SSSR count). The molecule has 4 nitrogen and oxygen atoms in total. The fraction of sp³-hybridized carbons (Fsp3) is 0.929. The zero-order chi connectivity index (χ0) is 13.0. The predicted molar refractivity (Wildman–Crippen MR) is 69.5 cm³/mol. The molecule has 1 aliphatic heterocycles. The van der Waals surface area contributed by atoms with Gasteiger partial charge in [0.05, 0.1) is 12.5 Å². The normalized spacial score (nSPS) is 37.4. The minimum Gasteiger partial charge on any atom is -0.481 e. The van der Waals surface area contributed by atoms with Crippen LogP contribution in [0.2, 0.25) is 0 Å². The number of ether oxygens (including phenoxy) is 1. The topological polar surface area (TPSA) is 58.6 Å². The lowest BCUT2D eigenvalue weighted by molar-refractivity contribution is -0.143. The van der Waals surface area contributed by atoms with Gasteiger partial charge in [-0.05, 0) is 50.5 Å². The average Bonchev–Trinajstić information content (AvgIpc) is 2.38. The van der Waals surface area contributed by atoms with Gasteiger partial charge in [0.25, 0.3) is 0 Å². The van der Waals surface area contributed by atoms with Gasteiger partial charge in [0.2, 0.25) is 0 Å². The molecule has 0 aromatic carbocycles. The van der Waals surface area contributed by atoms with Gasteiger partial charge in [-0.1, -0.05) is 6.92 Å². The second-order valence-electron chi connectivity index (χ2n) is 5.91. The Morgan fingerprint density at radius 3 is 2.61 bits per heavy atom. The summed E-state index contributed by atoms with van der Waals surface area (Å²) >= 11 is 0. The second-order valence-corrected chi connectivity index (χ2v) is 5.91. The molecule has 0 aromatic heterocycles. The molecular weight excluding hydrogens is 230 g/mol. The van der Waals surface area contributed by atoms with Crippen LogP contribution in [0, 0.1) is 17.8 Å². The van der Waals surface area contributed by atoms with Crippen LogP contribution in [0.1, 0.15) is 39.0 Å². The molecular formula is C14H25NO3. The van der Waals surface area contributed by atoms with Gasteiger partial charge in [0, 0.05) is 12.6 Å². The van der Waals surface area contributed by atoms with E-state index in [1.54, 1.807) is 0 Å². The van der Waals surface area contributed by atoms with Crippen LogP contribution >= 0.6 is 0 Å². The first kappa shape index (κ1) is 13.8. The Kier molecular flexibility index (Phi) is 5.01. The summed E-state index contributed by atoms with van der Waals surface area (Å²) in [5.41, 5.74) is 0. The van der Waals surface area contributed by atoms with E-state index in [1.165, 1.54) is 0 Å². The maximum atomic E-state index is 10.9. The van der Waals surface area contributed by atoms with Crippen LogP contribution in [-0.2, 0) is 9.53 Å². The Morgan fingerprint density at radius 1 is 1.28 bits per heavy atom. The van der Waals surface area contributed by atoms with Crippen molar-refractivity contribution in [2.24, 2.45) is 17.8 Å². The molecule has 104 valence electrons. The van der Waals surface area contributed by atoms with E-state index >= 15 is 0 Å². The van der Waals surface area contributed by atoms with E-state index in [4.69, 9.17) is 9.84 Å². The van der Waals surface area contributed by atoms with E-state index in [1.807, 2.05) is 0 Å². The fourth-order valence-corrected chi connectivity index (χ4v) is 3.12. The maximum Gasteiger partial charge on any atom is 0.306 e. The van der Waals surface area contributed by atoms with Gasteiger partial charge >= 0.3 is 5.97 Å².